The first-order chi connectivity index (χ1) is 8.81. The zero-order valence-electron chi connectivity index (χ0n) is 10.1. The Morgan fingerprint density at radius 3 is 2.68 bits per heavy atom. The van der Waals surface area contributed by atoms with E-state index in [0.29, 0.717) is 0 Å². The SMILES string of the molecule is C/C(=N/OCCCC(F)(F)F)c1cccc(Br)c1F. The van der Waals surface area contributed by atoms with Gasteiger partial charge in [-0.05, 0) is 35.3 Å². The number of rotatable bonds is 5. The molecule has 19 heavy (non-hydrogen) atoms. The van der Waals surface area contributed by atoms with Crippen LogP contribution in [0.3, 0.4) is 0 Å². The fourth-order valence-corrected chi connectivity index (χ4v) is 1.68. The molecule has 0 spiro atoms. The number of oxime groups is 1. The van der Waals surface area contributed by atoms with Crippen molar-refractivity contribution in [2.24, 2.45) is 5.16 Å². The monoisotopic (exact) mass is 341 g/mol. The third kappa shape index (κ3) is 5.59. The van der Waals surface area contributed by atoms with Gasteiger partial charge in [-0.2, -0.15) is 13.2 Å². The van der Waals surface area contributed by atoms with Crippen molar-refractivity contribution in [1.82, 2.24) is 0 Å². The van der Waals surface area contributed by atoms with Crippen molar-refractivity contribution in [3.05, 3.63) is 34.1 Å². The fraction of sp³-hybridized carbons (Fsp3) is 0.417. The lowest BCUT2D eigenvalue weighted by atomic mass is 10.1. The van der Waals surface area contributed by atoms with E-state index in [0.717, 1.165) is 0 Å². The molecular weight excluding hydrogens is 330 g/mol. The molecule has 0 radical (unpaired) electrons. The van der Waals surface area contributed by atoms with Crippen molar-refractivity contribution in [3.63, 3.8) is 0 Å². The van der Waals surface area contributed by atoms with Crippen molar-refractivity contribution < 1.29 is 22.4 Å². The molecule has 0 amide bonds. The van der Waals surface area contributed by atoms with Gasteiger partial charge in [-0.25, -0.2) is 4.39 Å². The van der Waals surface area contributed by atoms with Crippen LogP contribution in [-0.4, -0.2) is 18.5 Å². The van der Waals surface area contributed by atoms with Crippen molar-refractivity contribution in [2.45, 2.75) is 25.9 Å². The Hall–Kier alpha value is -1.11. The van der Waals surface area contributed by atoms with Gasteiger partial charge in [0, 0.05) is 12.0 Å². The molecule has 0 saturated carbocycles. The molecule has 0 bridgehead atoms. The van der Waals surface area contributed by atoms with Gasteiger partial charge in [0.2, 0.25) is 0 Å². The predicted octanol–water partition coefficient (Wildman–Crippen LogP) is 4.67. The zero-order valence-corrected chi connectivity index (χ0v) is 11.7. The second kappa shape index (κ2) is 6.88. The lowest BCUT2D eigenvalue weighted by Crippen LogP contribution is -2.08. The zero-order chi connectivity index (χ0) is 14.5. The summed E-state index contributed by atoms with van der Waals surface area (Å²) in [4.78, 5) is 4.75. The third-order valence-corrected chi connectivity index (χ3v) is 2.85. The fourth-order valence-electron chi connectivity index (χ4n) is 1.31. The molecular formula is C12H12BrF4NO. The number of hydrogen-bond acceptors (Lipinski definition) is 2. The summed E-state index contributed by atoms with van der Waals surface area (Å²) in [6.45, 7) is 1.36. The minimum absolute atomic E-state index is 0.160. The second-order valence-electron chi connectivity index (χ2n) is 3.83. The maximum Gasteiger partial charge on any atom is 0.389 e. The highest BCUT2D eigenvalue weighted by Gasteiger charge is 2.26. The van der Waals surface area contributed by atoms with E-state index >= 15 is 0 Å². The van der Waals surface area contributed by atoms with E-state index in [9.17, 15) is 17.6 Å². The molecule has 2 nitrogen and oxygen atoms in total. The molecule has 0 saturated heterocycles. The van der Waals surface area contributed by atoms with Crippen molar-refractivity contribution >= 4 is 21.6 Å². The summed E-state index contributed by atoms with van der Waals surface area (Å²) in [5, 5.41) is 3.60. The van der Waals surface area contributed by atoms with Crippen LogP contribution >= 0.6 is 15.9 Å². The van der Waals surface area contributed by atoms with Gasteiger partial charge in [0.1, 0.15) is 12.4 Å². The second-order valence-corrected chi connectivity index (χ2v) is 4.68. The van der Waals surface area contributed by atoms with Crippen LogP contribution < -0.4 is 0 Å². The Balaban J connectivity index is 2.51. The molecule has 0 aliphatic heterocycles. The first-order valence-corrected chi connectivity index (χ1v) is 6.28. The Labute approximate surface area is 116 Å². The summed E-state index contributed by atoms with van der Waals surface area (Å²) in [5.41, 5.74) is 0.510. The average molecular weight is 342 g/mol. The van der Waals surface area contributed by atoms with E-state index in [2.05, 4.69) is 21.1 Å². The van der Waals surface area contributed by atoms with Crippen molar-refractivity contribution in [3.8, 4) is 0 Å². The van der Waals surface area contributed by atoms with Gasteiger partial charge in [-0.15, -0.1) is 0 Å². The highest BCUT2D eigenvalue weighted by atomic mass is 79.9. The predicted molar refractivity (Wildman–Crippen MR) is 67.6 cm³/mol. The Morgan fingerprint density at radius 2 is 2.05 bits per heavy atom. The molecule has 1 rings (SSSR count). The molecule has 1 aromatic carbocycles. The van der Waals surface area contributed by atoms with Gasteiger partial charge in [0.25, 0.3) is 0 Å². The molecule has 0 heterocycles. The van der Waals surface area contributed by atoms with Gasteiger partial charge in [0.05, 0.1) is 10.2 Å². The van der Waals surface area contributed by atoms with E-state index < -0.39 is 18.4 Å². The largest absolute Gasteiger partial charge is 0.396 e. The summed E-state index contributed by atoms with van der Waals surface area (Å²) in [6, 6.07) is 4.68. The molecule has 0 N–H and O–H groups in total. The van der Waals surface area contributed by atoms with Gasteiger partial charge in [-0.1, -0.05) is 17.3 Å². The minimum atomic E-state index is -4.20. The Bertz CT molecular complexity index is 460. The van der Waals surface area contributed by atoms with E-state index in [4.69, 9.17) is 4.84 Å². The highest BCUT2D eigenvalue weighted by Crippen LogP contribution is 2.21. The van der Waals surface area contributed by atoms with Gasteiger partial charge < -0.3 is 4.84 Å². The number of benzene rings is 1. The van der Waals surface area contributed by atoms with Gasteiger partial charge >= 0.3 is 6.18 Å². The molecule has 0 aromatic heterocycles. The Morgan fingerprint density at radius 1 is 1.37 bits per heavy atom. The number of halogens is 5. The van der Waals surface area contributed by atoms with Crippen molar-refractivity contribution in [2.75, 3.05) is 6.61 Å². The molecule has 1 aromatic rings. The summed E-state index contributed by atoms with van der Waals surface area (Å²) >= 11 is 3.03. The van der Waals surface area contributed by atoms with Gasteiger partial charge in [0.15, 0.2) is 0 Å². The summed E-state index contributed by atoms with van der Waals surface area (Å²) < 4.78 is 49.5. The third-order valence-electron chi connectivity index (χ3n) is 2.24. The molecule has 0 fully saturated rings. The van der Waals surface area contributed by atoms with Crippen LogP contribution in [0.2, 0.25) is 0 Å². The van der Waals surface area contributed by atoms with E-state index in [-0.39, 0.29) is 28.8 Å². The average Bonchev–Trinajstić information content (AvgIpc) is 2.30. The molecule has 7 heteroatoms. The number of alkyl halides is 3. The summed E-state index contributed by atoms with van der Waals surface area (Å²) in [5.74, 6) is -0.484. The highest BCUT2D eigenvalue weighted by molar-refractivity contribution is 9.10. The first kappa shape index (κ1) is 15.9. The van der Waals surface area contributed by atoms with Crippen LogP contribution in [0.15, 0.2) is 27.8 Å². The molecule has 0 unspecified atom stereocenters. The summed E-state index contributed by atoms with van der Waals surface area (Å²) in [7, 11) is 0. The lowest BCUT2D eigenvalue weighted by Gasteiger charge is -2.06. The van der Waals surface area contributed by atoms with Crippen molar-refractivity contribution in [1.29, 1.82) is 0 Å². The maximum absolute atomic E-state index is 13.7. The van der Waals surface area contributed by atoms with Gasteiger partial charge in [-0.3, -0.25) is 0 Å². The molecule has 0 aliphatic rings. The van der Waals surface area contributed by atoms with E-state index in [1.54, 1.807) is 6.07 Å². The normalized spacial score (nSPS) is 12.6. The Kier molecular flexibility index (Phi) is 5.78. The van der Waals surface area contributed by atoms with Crippen LogP contribution in [0.25, 0.3) is 0 Å². The molecule has 0 atom stereocenters. The van der Waals surface area contributed by atoms with E-state index in [1.165, 1.54) is 19.1 Å². The quantitative estimate of drug-likeness (QED) is 0.330. The van der Waals surface area contributed by atoms with Crippen LogP contribution in [0, 0.1) is 5.82 Å². The summed E-state index contributed by atoms with van der Waals surface area (Å²) in [6.07, 6.45) is -5.30. The van der Waals surface area contributed by atoms with Crippen LogP contribution in [0.4, 0.5) is 17.6 Å². The van der Waals surface area contributed by atoms with Crippen LogP contribution in [-0.2, 0) is 4.84 Å². The standard InChI is InChI=1S/C12H12BrF4NO/c1-8(9-4-2-5-10(13)11(9)14)18-19-7-3-6-12(15,16)17/h2,4-5H,3,6-7H2,1H3/b18-8-. The van der Waals surface area contributed by atoms with Crippen LogP contribution in [0.5, 0.6) is 0 Å². The number of nitrogens with zero attached hydrogens (tertiary/aromatic N) is 1. The number of hydrogen-bond donors (Lipinski definition) is 0. The minimum Gasteiger partial charge on any atom is -0.396 e. The topological polar surface area (TPSA) is 21.6 Å². The van der Waals surface area contributed by atoms with E-state index in [1.807, 2.05) is 0 Å². The smallest absolute Gasteiger partial charge is 0.389 e. The lowest BCUT2D eigenvalue weighted by molar-refractivity contribution is -0.137. The molecule has 106 valence electrons. The maximum atomic E-state index is 13.7. The molecule has 0 aliphatic carbocycles. The van der Waals surface area contributed by atoms with Crippen LogP contribution in [0.1, 0.15) is 25.3 Å². The first-order valence-electron chi connectivity index (χ1n) is 5.49.